The molecule has 1 amide bonds. The first-order valence-electron chi connectivity index (χ1n) is 10.4. The van der Waals surface area contributed by atoms with Gasteiger partial charge in [0.2, 0.25) is 5.91 Å². The molecule has 0 saturated carbocycles. The van der Waals surface area contributed by atoms with E-state index in [1.807, 2.05) is 36.9 Å². The summed E-state index contributed by atoms with van der Waals surface area (Å²) in [5.74, 6) is -0.131. The second kappa shape index (κ2) is 9.44. The van der Waals surface area contributed by atoms with Gasteiger partial charge in [-0.25, -0.2) is 8.42 Å². The third kappa shape index (κ3) is 4.99. The molecule has 0 atom stereocenters. The summed E-state index contributed by atoms with van der Waals surface area (Å²) in [4.78, 5) is 15.1. The van der Waals surface area contributed by atoms with Gasteiger partial charge in [0.1, 0.15) is 6.54 Å². The van der Waals surface area contributed by atoms with Crippen molar-refractivity contribution in [1.29, 1.82) is 0 Å². The highest BCUT2D eigenvalue weighted by molar-refractivity contribution is 7.92. The smallest absolute Gasteiger partial charge is 0.264 e. The van der Waals surface area contributed by atoms with Crippen LogP contribution < -0.4 is 4.31 Å². The predicted octanol–water partition coefficient (Wildman–Crippen LogP) is 4.16. The van der Waals surface area contributed by atoms with Crippen molar-refractivity contribution in [1.82, 2.24) is 4.90 Å². The van der Waals surface area contributed by atoms with Crippen LogP contribution in [0.3, 0.4) is 0 Å². The fraction of sp³-hybridized carbons (Fsp3) is 0.435. The number of likely N-dealkylation sites (tertiary alicyclic amines) is 1. The zero-order valence-electron chi connectivity index (χ0n) is 17.3. The van der Waals surface area contributed by atoms with Crippen LogP contribution in [0, 0.1) is 6.92 Å². The molecule has 5 nitrogen and oxygen atoms in total. The molecule has 2 aromatic rings. The van der Waals surface area contributed by atoms with Crippen LogP contribution in [0.1, 0.15) is 43.7 Å². The van der Waals surface area contributed by atoms with E-state index in [-0.39, 0.29) is 17.3 Å². The number of hydrogen-bond acceptors (Lipinski definition) is 3. The lowest BCUT2D eigenvalue weighted by Crippen LogP contribution is -2.43. The van der Waals surface area contributed by atoms with Crippen LogP contribution >= 0.6 is 0 Å². The van der Waals surface area contributed by atoms with E-state index in [4.69, 9.17) is 0 Å². The highest BCUT2D eigenvalue weighted by Crippen LogP contribution is 2.28. The van der Waals surface area contributed by atoms with E-state index in [1.165, 1.54) is 4.31 Å². The molecule has 0 bridgehead atoms. The number of anilines is 1. The van der Waals surface area contributed by atoms with E-state index >= 15 is 0 Å². The molecule has 2 aromatic carbocycles. The first kappa shape index (κ1) is 21.4. The van der Waals surface area contributed by atoms with Crippen molar-refractivity contribution in [2.24, 2.45) is 0 Å². The lowest BCUT2D eigenvalue weighted by Gasteiger charge is -2.29. The SMILES string of the molecule is CCc1ccccc1N(CC(=O)N1CCCCCC1)S(=O)(=O)c1ccc(C)cc1. The van der Waals surface area contributed by atoms with Crippen molar-refractivity contribution >= 4 is 21.6 Å². The zero-order chi connectivity index (χ0) is 20.9. The molecule has 29 heavy (non-hydrogen) atoms. The largest absolute Gasteiger partial charge is 0.341 e. The third-order valence-electron chi connectivity index (χ3n) is 5.49. The van der Waals surface area contributed by atoms with E-state index in [1.54, 1.807) is 30.3 Å². The van der Waals surface area contributed by atoms with Crippen LogP contribution in [0.2, 0.25) is 0 Å². The molecular formula is C23H30N2O3S. The Morgan fingerprint density at radius 3 is 2.21 bits per heavy atom. The van der Waals surface area contributed by atoms with Gasteiger partial charge in [0.15, 0.2) is 0 Å². The fourth-order valence-electron chi connectivity index (χ4n) is 3.73. The molecular weight excluding hydrogens is 384 g/mol. The minimum atomic E-state index is -3.86. The zero-order valence-corrected chi connectivity index (χ0v) is 18.1. The van der Waals surface area contributed by atoms with Crippen LogP contribution in [0.5, 0.6) is 0 Å². The van der Waals surface area contributed by atoms with Crippen LogP contribution in [-0.2, 0) is 21.2 Å². The number of amides is 1. The molecule has 0 unspecified atom stereocenters. The Labute approximate surface area is 174 Å². The molecule has 0 N–H and O–H groups in total. The number of carbonyl (C=O) groups is 1. The lowest BCUT2D eigenvalue weighted by atomic mass is 10.1. The Bertz CT molecular complexity index is 931. The minimum Gasteiger partial charge on any atom is -0.341 e. The number of rotatable bonds is 6. The molecule has 1 aliphatic heterocycles. The minimum absolute atomic E-state index is 0.131. The van der Waals surface area contributed by atoms with Crippen molar-refractivity contribution in [3.05, 3.63) is 59.7 Å². The van der Waals surface area contributed by atoms with Crippen molar-refractivity contribution in [3.8, 4) is 0 Å². The lowest BCUT2D eigenvalue weighted by molar-refractivity contribution is -0.129. The normalized spacial score (nSPS) is 15.0. The van der Waals surface area contributed by atoms with Crippen LogP contribution in [0.4, 0.5) is 5.69 Å². The van der Waals surface area contributed by atoms with Gasteiger partial charge in [-0.2, -0.15) is 0 Å². The molecule has 0 spiro atoms. The summed E-state index contributed by atoms with van der Waals surface area (Å²) in [6.07, 6.45) is 4.87. The summed E-state index contributed by atoms with van der Waals surface area (Å²) in [7, 11) is -3.86. The molecule has 6 heteroatoms. The van der Waals surface area contributed by atoms with Crippen molar-refractivity contribution in [3.63, 3.8) is 0 Å². The molecule has 0 radical (unpaired) electrons. The van der Waals surface area contributed by atoms with Crippen LogP contribution in [-0.4, -0.2) is 38.9 Å². The summed E-state index contributed by atoms with van der Waals surface area (Å²) in [6, 6.07) is 14.2. The highest BCUT2D eigenvalue weighted by atomic mass is 32.2. The van der Waals surface area contributed by atoms with Gasteiger partial charge in [-0.3, -0.25) is 9.10 Å². The Balaban J connectivity index is 1.99. The maximum atomic E-state index is 13.6. The van der Waals surface area contributed by atoms with Gasteiger partial charge in [-0.1, -0.05) is 55.7 Å². The van der Waals surface area contributed by atoms with Crippen molar-refractivity contribution in [2.45, 2.75) is 50.8 Å². The van der Waals surface area contributed by atoms with E-state index in [0.29, 0.717) is 25.2 Å². The molecule has 0 aliphatic carbocycles. The van der Waals surface area contributed by atoms with Gasteiger partial charge in [-0.15, -0.1) is 0 Å². The maximum absolute atomic E-state index is 13.6. The Morgan fingerprint density at radius 2 is 1.59 bits per heavy atom. The maximum Gasteiger partial charge on any atom is 0.264 e. The van der Waals surface area contributed by atoms with Gasteiger partial charge < -0.3 is 4.90 Å². The van der Waals surface area contributed by atoms with Crippen LogP contribution in [0.15, 0.2) is 53.4 Å². The van der Waals surface area contributed by atoms with Crippen molar-refractivity contribution < 1.29 is 13.2 Å². The topological polar surface area (TPSA) is 57.7 Å². The molecule has 1 fully saturated rings. The van der Waals surface area contributed by atoms with Gasteiger partial charge >= 0.3 is 0 Å². The standard InChI is InChI=1S/C23H30N2O3S/c1-3-20-10-6-7-11-22(20)25(18-23(26)24-16-8-4-5-9-17-24)29(27,28)21-14-12-19(2)13-15-21/h6-7,10-15H,3-5,8-9,16-18H2,1-2H3. The van der Waals surface area contributed by atoms with Gasteiger partial charge in [-0.05, 0) is 49.9 Å². The number of benzene rings is 2. The van der Waals surface area contributed by atoms with E-state index in [0.717, 1.165) is 36.8 Å². The first-order chi connectivity index (χ1) is 13.9. The summed E-state index contributed by atoms with van der Waals surface area (Å²) in [5.41, 5.74) is 2.48. The summed E-state index contributed by atoms with van der Waals surface area (Å²) in [5, 5.41) is 0. The average molecular weight is 415 g/mol. The molecule has 3 rings (SSSR count). The fourth-order valence-corrected chi connectivity index (χ4v) is 5.19. The second-order valence-corrected chi connectivity index (χ2v) is 9.46. The number of aryl methyl sites for hydroxylation is 2. The number of hydrogen-bond donors (Lipinski definition) is 0. The highest BCUT2D eigenvalue weighted by Gasteiger charge is 2.30. The average Bonchev–Trinajstić information content (AvgIpc) is 3.02. The third-order valence-corrected chi connectivity index (χ3v) is 7.26. The van der Waals surface area contributed by atoms with Gasteiger partial charge in [0.05, 0.1) is 10.6 Å². The Kier molecular flexibility index (Phi) is 6.96. The summed E-state index contributed by atoms with van der Waals surface area (Å²) in [6.45, 7) is 5.14. The van der Waals surface area contributed by atoms with Crippen LogP contribution in [0.25, 0.3) is 0 Å². The Morgan fingerprint density at radius 1 is 0.966 bits per heavy atom. The van der Waals surface area contributed by atoms with Gasteiger partial charge in [0.25, 0.3) is 10.0 Å². The quantitative estimate of drug-likeness (QED) is 0.713. The summed E-state index contributed by atoms with van der Waals surface area (Å²) < 4.78 is 28.4. The molecule has 0 aromatic heterocycles. The second-order valence-electron chi connectivity index (χ2n) is 7.60. The molecule has 156 valence electrons. The van der Waals surface area contributed by atoms with Gasteiger partial charge in [0, 0.05) is 13.1 Å². The number of sulfonamides is 1. The molecule has 1 aliphatic rings. The van der Waals surface area contributed by atoms with E-state index in [9.17, 15) is 13.2 Å². The number of nitrogens with zero attached hydrogens (tertiary/aromatic N) is 2. The monoisotopic (exact) mass is 414 g/mol. The van der Waals surface area contributed by atoms with Crippen molar-refractivity contribution in [2.75, 3.05) is 23.9 Å². The first-order valence-corrected chi connectivity index (χ1v) is 11.8. The van der Waals surface area contributed by atoms with E-state index < -0.39 is 10.0 Å². The Hall–Kier alpha value is -2.34. The molecule has 1 heterocycles. The van der Waals surface area contributed by atoms with E-state index in [2.05, 4.69) is 0 Å². The number of para-hydroxylation sites is 1. The number of carbonyl (C=O) groups excluding carboxylic acids is 1. The summed E-state index contributed by atoms with van der Waals surface area (Å²) >= 11 is 0. The predicted molar refractivity (Wildman–Crippen MR) is 117 cm³/mol. The molecule has 1 saturated heterocycles.